The van der Waals surface area contributed by atoms with Crippen LogP contribution in [-0.2, 0) is 39.1 Å². The molecular weight excluding hydrogens is 512 g/mol. The topological polar surface area (TPSA) is 108 Å². The summed E-state index contributed by atoms with van der Waals surface area (Å²) in [7, 11) is -3.54. The summed E-state index contributed by atoms with van der Waals surface area (Å²) in [6.07, 6.45) is 3.88. The van der Waals surface area contributed by atoms with Crippen LogP contribution in [0.4, 0.5) is 0 Å². The van der Waals surface area contributed by atoms with Crippen LogP contribution >= 0.6 is 11.6 Å². The van der Waals surface area contributed by atoms with Crippen molar-refractivity contribution >= 4 is 33.4 Å². The van der Waals surface area contributed by atoms with Crippen LogP contribution in [0.3, 0.4) is 0 Å². The average Bonchev–Trinajstić information content (AvgIpc) is 2.90. The quantitative estimate of drug-likeness (QED) is 0.363. The Kier molecular flexibility index (Phi) is 10.2. The Bertz CT molecular complexity index is 1280. The Morgan fingerprint density at radius 3 is 2.19 bits per heavy atom. The van der Waals surface area contributed by atoms with Crippen molar-refractivity contribution in [3.8, 4) is 0 Å². The van der Waals surface area contributed by atoms with Gasteiger partial charge in [-0.05, 0) is 66.4 Å². The largest absolute Gasteiger partial charge is 0.350 e. The normalized spacial score (nSPS) is 12.1. The molecule has 10 heteroatoms. The fourth-order valence-corrected chi connectivity index (χ4v) is 4.88. The van der Waals surface area contributed by atoms with E-state index in [-0.39, 0.29) is 29.7 Å². The van der Waals surface area contributed by atoms with E-state index in [2.05, 4.69) is 15.0 Å². The molecule has 3 aromatic rings. The first-order valence-electron chi connectivity index (χ1n) is 12.0. The smallest absolute Gasteiger partial charge is 0.242 e. The number of nitrogens with zero attached hydrogens (tertiary/aromatic N) is 2. The van der Waals surface area contributed by atoms with Gasteiger partial charge in [0.25, 0.3) is 0 Å². The second-order valence-electron chi connectivity index (χ2n) is 8.54. The van der Waals surface area contributed by atoms with Gasteiger partial charge >= 0.3 is 0 Å². The summed E-state index contributed by atoms with van der Waals surface area (Å²) < 4.78 is 26.8. The molecule has 2 N–H and O–H groups in total. The molecule has 0 radical (unpaired) electrons. The maximum Gasteiger partial charge on any atom is 0.242 e. The van der Waals surface area contributed by atoms with Crippen molar-refractivity contribution in [1.82, 2.24) is 19.9 Å². The van der Waals surface area contributed by atoms with Gasteiger partial charge in [0, 0.05) is 43.5 Å². The van der Waals surface area contributed by atoms with E-state index in [9.17, 15) is 18.0 Å². The second kappa shape index (κ2) is 13.3. The van der Waals surface area contributed by atoms with Crippen molar-refractivity contribution in [2.45, 2.75) is 50.7 Å². The van der Waals surface area contributed by atoms with Gasteiger partial charge < -0.3 is 10.2 Å². The van der Waals surface area contributed by atoms with Crippen LogP contribution in [0.1, 0.15) is 37.0 Å². The molecule has 0 bridgehead atoms. The Hall–Kier alpha value is -3.27. The number of carbonyl (C=O) groups excluding carboxylic acids is 2. The summed E-state index contributed by atoms with van der Waals surface area (Å²) in [6, 6.07) is 16.5. The van der Waals surface area contributed by atoms with Crippen LogP contribution in [0.2, 0.25) is 5.02 Å². The summed E-state index contributed by atoms with van der Waals surface area (Å²) in [5.74, 6) is -0.456. The highest BCUT2D eigenvalue weighted by atomic mass is 35.5. The molecule has 0 aliphatic rings. The molecule has 2 aromatic carbocycles. The Morgan fingerprint density at radius 1 is 0.946 bits per heavy atom. The van der Waals surface area contributed by atoms with Gasteiger partial charge in [0.2, 0.25) is 21.8 Å². The van der Waals surface area contributed by atoms with E-state index in [1.165, 1.54) is 12.1 Å². The molecule has 0 fully saturated rings. The zero-order valence-electron chi connectivity index (χ0n) is 20.9. The molecule has 0 saturated carbocycles. The lowest BCUT2D eigenvalue weighted by Crippen LogP contribution is -2.47. The minimum absolute atomic E-state index is 0.162. The Balaban J connectivity index is 1.69. The number of nitrogens with one attached hydrogen (secondary N) is 2. The number of sulfonamides is 1. The van der Waals surface area contributed by atoms with Gasteiger partial charge in [0.15, 0.2) is 0 Å². The van der Waals surface area contributed by atoms with Crippen LogP contribution in [0.5, 0.6) is 0 Å². The third-order valence-corrected chi connectivity index (χ3v) is 7.66. The van der Waals surface area contributed by atoms with Crippen LogP contribution in [0.15, 0.2) is 78.0 Å². The third kappa shape index (κ3) is 8.38. The monoisotopic (exact) mass is 542 g/mol. The molecule has 0 aliphatic heterocycles. The molecule has 0 spiro atoms. The van der Waals surface area contributed by atoms with Crippen molar-refractivity contribution in [2.24, 2.45) is 0 Å². The van der Waals surface area contributed by atoms with E-state index < -0.39 is 16.1 Å². The SMILES string of the molecule is CCNS(=O)(=O)c1ccc(CCC(=O)N(Cc2ccc(Cl)cc2)[C@@H](C)C(=O)NCc2ccncc2)cc1. The van der Waals surface area contributed by atoms with Crippen molar-refractivity contribution in [2.75, 3.05) is 6.54 Å². The van der Waals surface area contributed by atoms with Gasteiger partial charge in [0.1, 0.15) is 6.04 Å². The minimum Gasteiger partial charge on any atom is -0.350 e. The molecule has 196 valence electrons. The lowest BCUT2D eigenvalue weighted by Gasteiger charge is -2.29. The number of amides is 2. The number of aromatic nitrogens is 1. The second-order valence-corrected chi connectivity index (χ2v) is 10.7. The number of hydrogen-bond acceptors (Lipinski definition) is 5. The van der Waals surface area contributed by atoms with Crippen molar-refractivity contribution in [1.29, 1.82) is 0 Å². The molecule has 0 unspecified atom stereocenters. The number of halogens is 1. The fourth-order valence-electron chi connectivity index (χ4n) is 3.71. The van der Waals surface area contributed by atoms with E-state index >= 15 is 0 Å². The Labute approximate surface area is 223 Å². The first-order chi connectivity index (χ1) is 17.7. The minimum atomic E-state index is -3.54. The summed E-state index contributed by atoms with van der Waals surface area (Å²) in [5, 5.41) is 3.48. The first-order valence-corrected chi connectivity index (χ1v) is 13.8. The van der Waals surface area contributed by atoms with Crippen molar-refractivity contribution in [3.63, 3.8) is 0 Å². The molecule has 2 amide bonds. The molecule has 0 saturated heterocycles. The van der Waals surface area contributed by atoms with Gasteiger partial charge in [-0.1, -0.05) is 42.8 Å². The van der Waals surface area contributed by atoms with E-state index in [1.54, 1.807) is 55.4 Å². The van der Waals surface area contributed by atoms with Gasteiger partial charge in [-0.3, -0.25) is 14.6 Å². The van der Waals surface area contributed by atoms with Gasteiger partial charge in [-0.15, -0.1) is 0 Å². The van der Waals surface area contributed by atoms with Crippen LogP contribution in [0.25, 0.3) is 0 Å². The molecule has 8 nitrogen and oxygen atoms in total. The zero-order valence-corrected chi connectivity index (χ0v) is 22.4. The summed E-state index contributed by atoms with van der Waals surface area (Å²) >= 11 is 6.01. The molecule has 37 heavy (non-hydrogen) atoms. The van der Waals surface area contributed by atoms with E-state index in [0.717, 1.165) is 16.7 Å². The Morgan fingerprint density at radius 2 is 1.57 bits per heavy atom. The molecule has 3 rings (SSSR count). The van der Waals surface area contributed by atoms with Crippen LogP contribution in [-0.4, -0.2) is 42.7 Å². The van der Waals surface area contributed by atoms with E-state index in [1.807, 2.05) is 24.3 Å². The maximum atomic E-state index is 13.3. The molecular formula is C27H31ClN4O4S. The predicted octanol–water partition coefficient (Wildman–Crippen LogP) is 3.70. The lowest BCUT2D eigenvalue weighted by atomic mass is 10.1. The fraction of sp³-hybridized carbons (Fsp3) is 0.296. The standard InChI is InChI=1S/C27H31ClN4O4S/c1-3-31-37(35,36)25-11-6-21(7-12-25)8-13-26(33)32(19-23-4-9-24(28)10-5-23)20(2)27(34)30-18-22-14-16-29-17-15-22/h4-7,9-12,14-17,20,31H,3,8,13,18-19H2,1-2H3,(H,30,34)/t20-/m0/s1. The number of carbonyl (C=O) groups is 2. The number of benzene rings is 2. The summed E-state index contributed by atoms with van der Waals surface area (Å²) in [5.41, 5.74) is 2.58. The number of aryl methyl sites for hydroxylation is 1. The molecule has 1 atom stereocenters. The molecule has 0 aliphatic carbocycles. The molecule has 1 aromatic heterocycles. The van der Waals surface area contributed by atoms with Crippen LogP contribution in [0, 0.1) is 0 Å². The number of hydrogen-bond donors (Lipinski definition) is 2. The van der Waals surface area contributed by atoms with Crippen molar-refractivity contribution < 1.29 is 18.0 Å². The molecule has 1 heterocycles. The third-order valence-electron chi connectivity index (χ3n) is 5.85. The summed E-state index contributed by atoms with van der Waals surface area (Å²) in [4.78, 5) is 32.0. The lowest BCUT2D eigenvalue weighted by molar-refractivity contribution is -0.140. The first kappa shape index (κ1) is 28.3. The van der Waals surface area contributed by atoms with Gasteiger partial charge in [0.05, 0.1) is 4.90 Å². The summed E-state index contributed by atoms with van der Waals surface area (Å²) in [6.45, 7) is 4.30. The van der Waals surface area contributed by atoms with E-state index in [4.69, 9.17) is 11.6 Å². The maximum absolute atomic E-state index is 13.3. The van der Waals surface area contributed by atoms with Gasteiger partial charge in [-0.25, -0.2) is 13.1 Å². The highest BCUT2D eigenvalue weighted by Gasteiger charge is 2.26. The average molecular weight is 543 g/mol. The van der Waals surface area contributed by atoms with Gasteiger partial charge in [-0.2, -0.15) is 0 Å². The van der Waals surface area contributed by atoms with Crippen LogP contribution < -0.4 is 10.0 Å². The zero-order chi connectivity index (χ0) is 26.8. The highest BCUT2D eigenvalue weighted by molar-refractivity contribution is 7.89. The van der Waals surface area contributed by atoms with E-state index in [0.29, 0.717) is 24.5 Å². The number of pyridine rings is 1. The predicted molar refractivity (Wildman–Crippen MR) is 143 cm³/mol. The number of rotatable bonds is 12. The highest BCUT2D eigenvalue weighted by Crippen LogP contribution is 2.17. The van der Waals surface area contributed by atoms with Crippen molar-refractivity contribution in [3.05, 3.63) is 94.8 Å².